The highest BCUT2D eigenvalue weighted by molar-refractivity contribution is 6.06. The van der Waals surface area contributed by atoms with Crippen LogP contribution in [0.4, 0.5) is 10.5 Å². The third-order valence-electron chi connectivity index (χ3n) is 3.42. The van der Waals surface area contributed by atoms with E-state index in [1.165, 1.54) is 4.90 Å². The van der Waals surface area contributed by atoms with Gasteiger partial charge in [0.05, 0.1) is 0 Å². The number of hydrogen-bond donors (Lipinski definition) is 1. The largest absolute Gasteiger partial charge is 0.331 e. The highest BCUT2D eigenvalue weighted by Crippen LogP contribution is 2.36. The summed E-state index contributed by atoms with van der Waals surface area (Å²) in [6.45, 7) is 4.69. The van der Waals surface area contributed by atoms with Gasteiger partial charge in [-0.05, 0) is 19.4 Å². The quantitative estimate of drug-likeness (QED) is 0.918. The Hall–Kier alpha value is -2.04. The smallest absolute Gasteiger partial charge is 0.317 e. The second-order valence-electron chi connectivity index (χ2n) is 5.33. The summed E-state index contributed by atoms with van der Waals surface area (Å²) < 4.78 is 0. The van der Waals surface area contributed by atoms with Crippen LogP contribution in [0.25, 0.3) is 0 Å². The molecule has 1 atom stereocenters. The molecule has 5 heteroatoms. The molecule has 1 heterocycles. The van der Waals surface area contributed by atoms with E-state index in [2.05, 4.69) is 5.32 Å². The molecule has 1 aromatic rings. The summed E-state index contributed by atoms with van der Waals surface area (Å²) in [6, 6.07) is 5.09. The topological polar surface area (TPSA) is 52.7 Å². The molecule has 0 aliphatic carbocycles. The van der Waals surface area contributed by atoms with E-state index >= 15 is 0 Å². The zero-order valence-corrected chi connectivity index (χ0v) is 12.4. The van der Waals surface area contributed by atoms with E-state index in [-0.39, 0.29) is 11.9 Å². The fourth-order valence-electron chi connectivity index (χ4n) is 2.40. The first kappa shape index (κ1) is 14.4. The molecule has 0 saturated carbocycles. The Bertz CT molecular complexity index is 540. The van der Waals surface area contributed by atoms with Gasteiger partial charge < -0.3 is 15.1 Å². The lowest BCUT2D eigenvalue weighted by atomic mass is 10.1. The van der Waals surface area contributed by atoms with Crippen LogP contribution in [0.3, 0.4) is 0 Å². The molecule has 20 heavy (non-hydrogen) atoms. The maximum absolute atomic E-state index is 12.5. The van der Waals surface area contributed by atoms with Crippen LogP contribution >= 0.6 is 0 Å². The molecule has 1 aromatic carbocycles. The lowest BCUT2D eigenvalue weighted by molar-refractivity contribution is -0.119. The number of hydrogen-bond acceptors (Lipinski definition) is 2. The SMILES string of the molecule is CCCN1C(=O)C(NC(=O)N(C)C)c2cc(C)ccc21. The van der Waals surface area contributed by atoms with Crippen molar-refractivity contribution in [3.8, 4) is 0 Å². The van der Waals surface area contributed by atoms with Crippen molar-refractivity contribution >= 4 is 17.6 Å². The van der Waals surface area contributed by atoms with Crippen molar-refractivity contribution < 1.29 is 9.59 Å². The maximum Gasteiger partial charge on any atom is 0.317 e. The molecule has 1 aliphatic heterocycles. The van der Waals surface area contributed by atoms with E-state index in [0.29, 0.717) is 6.54 Å². The molecule has 1 N–H and O–H groups in total. The molecule has 108 valence electrons. The van der Waals surface area contributed by atoms with Crippen LogP contribution in [-0.4, -0.2) is 37.5 Å². The number of anilines is 1. The number of nitrogens with one attached hydrogen (secondary N) is 1. The van der Waals surface area contributed by atoms with Crippen molar-refractivity contribution in [2.24, 2.45) is 0 Å². The number of benzene rings is 1. The van der Waals surface area contributed by atoms with Gasteiger partial charge in [-0.2, -0.15) is 0 Å². The Morgan fingerprint density at radius 1 is 1.40 bits per heavy atom. The highest BCUT2D eigenvalue weighted by atomic mass is 16.2. The molecule has 1 aliphatic rings. The lowest BCUT2D eigenvalue weighted by Gasteiger charge is -2.18. The van der Waals surface area contributed by atoms with Gasteiger partial charge in [0, 0.05) is 31.9 Å². The summed E-state index contributed by atoms with van der Waals surface area (Å²) >= 11 is 0. The summed E-state index contributed by atoms with van der Waals surface area (Å²) in [5.41, 5.74) is 2.88. The highest BCUT2D eigenvalue weighted by Gasteiger charge is 2.37. The third-order valence-corrected chi connectivity index (χ3v) is 3.42. The van der Waals surface area contributed by atoms with Gasteiger partial charge >= 0.3 is 6.03 Å². The molecule has 0 saturated heterocycles. The van der Waals surface area contributed by atoms with E-state index < -0.39 is 6.04 Å². The number of amides is 3. The van der Waals surface area contributed by atoms with Crippen LogP contribution in [0.2, 0.25) is 0 Å². The van der Waals surface area contributed by atoms with E-state index in [1.54, 1.807) is 19.0 Å². The first-order chi connectivity index (χ1) is 9.45. The van der Waals surface area contributed by atoms with Gasteiger partial charge in [0.25, 0.3) is 5.91 Å². The molecule has 0 aromatic heterocycles. The summed E-state index contributed by atoms with van der Waals surface area (Å²) in [4.78, 5) is 27.6. The predicted octanol–water partition coefficient (Wildman–Crippen LogP) is 2.06. The molecular formula is C15H21N3O2. The van der Waals surface area contributed by atoms with Crippen LogP contribution in [0.15, 0.2) is 18.2 Å². The van der Waals surface area contributed by atoms with Gasteiger partial charge in [0.15, 0.2) is 0 Å². The lowest BCUT2D eigenvalue weighted by Crippen LogP contribution is -2.42. The minimum absolute atomic E-state index is 0.0531. The van der Waals surface area contributed by atoms with E-state index in [4.69, 9.17) is 0 Å². The van der Waals surface area contributed by atoms with Crippen molar-refractivity contribution in [2.45, 2.75) is 26.3 Å². The first-order valence-electron chi connectivity index (χ1n) is 6.85. The molecule has 0 radical (unpaired) electrons. The average Bonchev–Trinajstić information content (AvgIpc) is 2.64. The molecule has 3 amide bonds. The van der Waals surface area contributed by atoms with Crippen molar-refractivity contribution in [2.75, 3.05) is 25.5 Å². The molecule has 0 spiro atoms. The van der Waals surface area contributed by atoms with Gasteiger partial charge in [0.1, 0.15) is 6.04 Å². The van der Waals surface area contributed by atoms with Gasteiger partial charge in [-0.3, -0.25) is 4.79 Å². The van der Waals surface area contributed by atoms with Gasteiger partial charge in [-0.1, -0.05) is 24.6 Å². The summed E-state index contributed by atoms with van der Waals surface area (Å²) in [7, 11) is 3.32. The number of fused-ring (bicyclic) bond motifs is 1. The Morgan fingerprint density at radius 2 is 2.10 bits per heavy atom. The van der Waals surface area contributed by atoms with Crippen molar-refractivity contribution in [3.05, 3.63) is 29.3 Å². The summed E-state index contributed by atoms with van der Waals surface area (Å²) in [5.74, 6) is -0.0531. The number of urea groups is 1. The van der Waals surface area contributed by atoms with E-state index in [9.17, 15) is 9.59 Å². The number of carbonyl (C=O) groups excluding carboxylic acids is 2. The number of carbonyl (C=O) groups is 2. The summed E-state index contributed by atoms with van der Waals surface area (Å²) in [6.07, 6.45) is 0.882. The summed E-state index contributed by atoms with van der Waals surface area (Å²) in [5, 5.41) is 2.80. The Morgan fingerprint density at radius 3 is 2.70 bits per heavy atom. The van der Waals surface area contributed by atoms with Crippen molar-refractivity contribution in [3.63, 3.8) is 0 Å². The minimum Gasteiger partial charge on any atom is -0.331 e. The normalized spacial score (nSPS) is 17.1. The fourth-order valence-corrected chi connectivity index (χ4v) is 2.40. The Kier molecular flexibility index (Phi) is 3.97. The van der Waals surface area contributed by atoms with Crippen LogP contribution in [0, 0.1) is 6.92 Å². The zero-order chi connectivity index (χ0) is 14.9. The monoisotopic (exact) mass is 275 g/mol. The second kappa shape index (κ2) is 5.53. The zero-order valence-electron chi connectivity index (χ0n) is 12.4. The number of nitrogens with zero attached hydrogens (tertiary/aromatic N) is 2. The standard InChI is InChI=1S/C15H21N3O2/c1-5-8-18-12-7-6-10(2)9-11(12)13(14(18)19)16-15(20)17(3)4/h6-7,9,13H,5,8H2,1-4H3,(H,16,20). The molecule has 2 rings (SSSR count). The molecule has 0 bridgehead atoms. The van der Waals surface area contributed by atoms with Gasteiger partial charge in [0.2, 0.25) is 0 Å². The van der Waals surface area contributed by atoms with Crippen LogP contribution in [0.1, 0.15) is 30.5 Å². The van der Waals surface area contributed by atoms with Crippen LogP contribution < -0.4 is 10.2 Å². The first-order valence-corrected chi connectivity index (χ1v) is 6.85. The average molecular weight is 275 g/mol. The van der Waals surface area contributed by atoms with Crippen LogP contribution in [-0.2, 0) is 4.79 Å². The third kappa shape index (κ3) is 2.48. The van der Waals surface area contributed by atoms with Crippen molar-refractivity contribution in [1.82, 2.24) is 10.2 Å². The van der Waals surface area contributed by atoms with E-state index in [0.717, 1.165) is 23.2 Å². The predicted molar refractivity (Wildman–Crippen MR) is 78.8 cm³/mol. The fraction of sp³-hybridized carbons (Fsp3) is 0.467. The minimum atomic E-state index is -0.577. The molecule has 0 fully saturated rings. The molecular weight excluding hydrogens is 254 g/mol. The van der Waals surface area contributed by atoms with Gasteiger partial charge in [-0.25, -0.2) is 4.79 Å². The van der Waals surface area contributed by atoms with Crippen LogP contribution in [0.5, 0.6) is 0 Å². The Balaban J connectivity index is 2.36. The number of aryl methyl sites for hydroxylation is 1. The Labute approximate surface area is 119 Å². The maximum atomic E-state index is 12.5. The van der Waals surface area contributed by atoms with Crippen molar-refractivity contribution in [1.29, 1.82) is 0 Å². The van der Waals surface area contributed by atoms with E-state index in [1.807, 2.05) is 32.0 Å². The number of rotatable bonds is 3. The molecule has 5 nitrogen and oxygen atoms in total. The second-order valence-corrected chi connectivity index (χ2v) is 5.33. The molecule has 1 unspecified atom stereocenters. The van der Waals surface area contributed by atoms with Gasteiger partial charge in [-0.15, -0.1) is 0 Å².